The fourth-order valence-corrected chi connectivity index (χ4v) is 4.59. The lowest BCUT2D eigenvalue weighted by molar-refractivity contribution is 0.101. The molecule has 1 aliphatic rings. The zero-order chi connectivity index (χ0) is 23.1. The van der Waals surface area contributed by atoms with Gasteiger partial charge < -0.3 is 9.64 Å². The van der Waals surface area contributed by atoms with Crippen molar-refractivity contribution >= 4 is 16.8 Å². The van der Waals surface area contributed by atoms with Gasteiger partial charge in [-0.1, -0.05) is 36.4 Å². The maximum atomic E-state index is 13.7. The molecule has 2 aromatic carbocycles. The molecule has 0 spiro atoms. The molecule has 166 valence electrons. The topological polar surface area (TPSA) is 80.2 Å². The molecule has 0 unspecified atom stereocenters. The van der Waals surface area contributed by atoms with Gasteiger partial charge in [-0.15, -0.1) is 0 Å². The van der Waals surface area contributed by atoms with Gasteiger partial charge in [-0.25, -0.2) is 9.67 Å². The zero-order valence-corrected chi connectivity index (χ0v) is 18.7. The van der Waals surface area contributed by atoms with Crippen LogP contribution in [0, 0.1) is 0 Å². The maximum Gasteiger partial charge on any atom is 0.281 e. The van der Waals surface area contributed by atoms with Crippen LogP contribution in [-0.2, 0) is 6.42 Å². The summed E-state index contributed by atoms with van der Waals surface area (Å²) in [6.07, 6.45) is 3.92. The van der Waals surface area contributed by atoms with Crippen LogP contribution in [0.3, 0.4) is 0 Å². The van der Waals surface area contributed by atoms with Gasteiger partial charge in [0, 0.05) is 49.1 Å². The third-order valence-corrected chi connectivity index (χ3v) is 6.04. The number of pyridine rings is 1. The molecule has 1 atom stereocenters. The number of hydrogen-bond donors (Lipinski definition) is 1. The molecule has 4 aromatic rings. The SMILES string of the molecule is COc1ccccc1[C@H]1Cc2c(cnc3[nH]n(-c4ccccc4)c(=O)c23)C(=O)/C1=C\N(C)C. The molecule has 7 nitrogen and oxygen atoms in total. The predicted molar refractivity (Wildman–Crippen MR) is 127 cm³/mol. The van der Waals surface area contributed by atoms with Crippen LogP contribution in [0.1, 0.15) is 27.4 Å². The van der Waals surface area contributed by atoms with E-state index in [2.05, 4.69) is 10.1 Å². The van der Waals surface area contributed by atoms with Gasteiger partial charge in [0.2, 0.25) is 0 Å². The number of aromatic nitrogens is 3. The molecule has 0 radical (unpaired) electrons. The number of fused-ring (bicyclic) bond motifs is 3. The Balaban J connectivity index is 1.75. The quantitative estimate of drug-likeness (QED) is 0.490. The maximum absolute atomic E-state index is 13.7. The van der Waals surface area contributed by atoms with E-state index in [9.17, 15) is 9.59 Å². The largest absolute Gasteiger partial charge is 0.496 e. The summed E-state index contributed by atoms with van der Waals surface area (Å²) in [6, 6.07) is 17.0. The van der Waals surface area contributed by atoms with Gasteiger partial charge in [-0.05, 0) is 30.2 Å². The Bertz CT molecular complexity index is 1450. The molecule has 33 heavy (non-hydrogen) atoms. The highest BCUT2D eigenvalue weighted by molar-refractivity contribution is 6.13. The van der Waals surface area contributed by atoms with Gasteiger partial charge in [0.05, 0.1) is 18.2 Å². The van der Waals surface area contributed by atoms with Gasteiger partial charge in [0.1, 0.15) is 5.75 Å². The summed E-state index contributed by atoms with van der Waals surface area (Å²) in [4.78, 5) is 33.4. The van der Waals surface area contributed by atoms with Crippen molar-refractivity contribution in [3.63, 3.8) is 0 Å². The Labute approximate surface area is 190 Å². The highest BCUT2D eigenvalue weighted by Gasteiger charge is 2.35. The fourth-order valence-electron chi connectivity index (χ4n) is 4.59. The number of rotatable bonds is 4. The number of benzene rings is 2. The van der Waals surface area contributed by atoms with Crippen LogP contribution in [0.2, 0.25) is 0 Å². The van der Waals surface area contributed by atoms with Gasteiger partial charge in [0.15, 0.2) is 11.4 Å². The second kappa shape index (κ2) is 8.09. The number of carbonyl (C=O) groups is 1. The summed E-state index contributed by atoms with van der Waals surface area (Å²) in [5.41, 5.74) is 3.71. The molecule has 0 bridgehead atoms. The number of Topliss-reactive ketones (excluding diaryl/α,β-unsaturated/α-hetero) is 1. The minimum atomic E-state index is -0.256. The van der Waals surface area contributed by atoms with E-state index in [0.29, 0.717) is 45.6 Å². The predicted octanol–water partition coefficient (Wildman–Crippen LogP) is 3.69. The normalized spacial score (nSPS) is 16.8. The summed E-state index contributed by atoms with van der Waals surface area (Å²) in [7, 11) is 5.40. The zero-order valence-electron chi connectivity index (χ0n) is 18.7. The van der Waals surface area contributed by atoms with Crippen molar-refractivity contribution in [3.05, 3.63) is 99.6 Å². The number of hydrogen-bond acceptors (Lipinski definition) is 5. The number of para-hydroxylation sites is 2. The summed E-state index contributed by atoms with van der Waals surface area (Å²) in [5.74, 6) is 0.334. The van der Waals surface area contributed by atoms with Crippen molar-refractivity contribution < 1.29 is 9.53 Å². The summed E-state index contributed by atoms with van der Waals surface area (Å²) < 4.78 is 7.09. The average Bonchev–Trinajstić information content (AvgIpc) is 3.17. The molecule has 0 amide bonds. The fraction of sp³-hybridized carbons (Fsp3) is 0.192. The first-order valence-electron chi connectivity index (χ1n) is 10.7. The van der Waals surface area contributed by atoms with Crippen LogP contribution >= 0.6 is 0 Å². The number of nitrogens with zero attached hydrogens (tertiary/aromatic N) is 3. The van der Waals surface area contributed by atoms with E-state index in [1.165, 1.54) is 4.68 Å². The monoisotopic (exact) mass is 440 g/mol. The molecule has 7 heteroatoms. The number of H-pyrrole nitrogens is 1. The van der Waals surface area contributed by atoms with Gasteiger partial charge in [0.25, 0.3) is 5.56 Å². The molecule has 0 aliphatic heterocycles. The van der Waals surface area contributed by atoms with E-state index < -0.39 is 0 Å². The van der Waals surface area contributed by atoms with Crippen LogP contribution < -0.4 is 10.3 Å². The van der Waals surface area contributed by atoms with Gasteiger partial charge >= 0.3 is 0 Å². The number of ether oxygens (including phenoxy) is 1. The van der Waals surface area contributed by atoms with Crippen molar-refractivity contribution in [2.24, 2.45) is 0 Å². The van der Waals surface area contributed by atoms with Crippen molar-refractivity contribution in [1.29, 1.82) is 0 Å². The minimum Gasteiger partial charge on any atom is -0.496 e. The summed E-state index contributed by atoms with van der Waals surface area (Å²) >= 11 is 0. The lowest BCUT2D eigenvalue weighted by Crippen LogP contribution is -2.26. The number of methoxy groups -OCH3 is 1. The van der Waals surface area contributed by atoms with E-state index in [0.717, 1.165) is 5.56 Å². The summed E-state index contributed by atoms with van der Waals surface area (Å²) in [5, 5.41) is 3.55. The molecule has 2 heterocycles. The number of ketones is 1. The number of allylic oxidation sites excluding steroid dienone is 1. The molecule has 1 aliphatic carbocycles. The van der Waals surface area contributed by atoms with E-state index in [-0.39, 0.29) is 17.3 Å². The van der Waals surface area contributed by atoms with Crippen molar-refractivity contribution in [2.75, 3.05) is 21.2 Å². The van der Waals surface area contributed by atoms with Gasteiger partial charge in [-0.3, -0.25) is 14.7 Å². The van der Waals surface area contributed by atoms with Crippen LogP contribution in [0.15, 0.2) is 77.4 Å². The first-order chi connectivity index (χ1) is 16.0. The van der Waals surface area contributed by atoms with Crippen molar-refractivity contribution in [3.8, 4) is 11.4 Å². The smallest absolute Gasteiger partial charge is 0.281 e. The molecule has 0 fully saturated rings. The van der Waals surface area contributed by atoms with Crippen LogP contribution in [0.25, 0.3) is 16.7 Å². The van der Waals surface area contributed by atoms with Crippen LogP contribution in [0.5, 0.6) is 5.75 Å². The molecule has 2 aromatic heterocycles. The molecule has 5 rings (SSSR count). The Morgan fingerprint density at radius 2 is 1.82 bits per heavy atom. The van der Waals surface area contributed by atoms with Crippen LogP contribution in [0.4, 0.5) is 0 Å². The van der Waals surface area contributed by atoms with E-state index >= 15 is 0 Å². The first-order valence-corrected chi connectivity index (χ1v) is 10.7. The van der Waals surface area contributed by atoms with E-state index in [1.54, 1.807) is 13.3 Å². The van der Waals surface area contributed by atoms with E-state index in [1.807, 2.05) is 79.8 Å². The Hall–Kier alpha value is -4.13. The standard InChI is InChI=1S/C26H24N4O3/c1-29(2)15-21-18(17-11-7-8-12-22(17)33-3)13-19-20(24(21)31)14-27-25-23(19)26(32)30(28-25)16-9-5-4-6-10-16/h4-12,14-15,18H,13H2,1-3H3,(H,27,28)/b21-15-/t18-/m1/s1. The minimum absolute atomic E-state index is 0.123. The second-order valence-corrected chi connectivity index (χ2v) is 8.34. The lowest BCUT2D eigenvalue weighted by Gasteiger charge is -2.29. The molecular weight excluding hydrogens is 416 g/mol. The van der Waals surface area contributed by atoms with Crippen LogP contribution in [-0.4, -0.2) is 46.7 Å². The summed E-state index contributed by atoms with van der Waals surface area (Å²) in [6.45, 7) is 0. The average molecular weight is 441 g/mol. The second-order valence-electron chi connectivity index (χ2n) is 8.34. The molecule has 1 N–H and O–H groups in total. The van der Waals surface area contributed by atoms with Crippen molar-refractivity contribution in [2.45, 2.75) is 12.3 Å². The highest BCUT2D eigenvalue weighted by Crippen LogP contribution is 2.41. The number of aromatic amines is 1. The Morgan fingerprint density at radius 1 is 1.09 bits per heavy atom. The first kappa shape index (κ1) is 20.8. The number of carbonyl (C=O) groups excluding carboxylic acids is 1. The third kappa shape index (κ3) is 3.42. The highest BCUT2D eigenvalue weighted by atomic mass is 16.5. The molecule has 0 saturated heterocycles. The lowest BCUT2D eigenvalue weighted by atomic mass is 9.75. The third-order valence-electron chi connectivity index (χ3n) is 6.04. The van der Waals surface area contributed by atoms with Gasteiger partial charge in [-0.2, -0.15) is 0 Å². The molecular formula is C26H24N4O3. The van der Waals surface area contributed by atoms with E-state index in [4.69, 9.17) is 4.74 Å². The Morgan fingerprint density at radius 3 is 2.55 bits per heavy atom. The number of nitrogens with one attached hydrogen (secondary N) is 1. The van der Waals surface area contributed by atoms with Crippen molar-refractivity contribution in [1.82, 2.24) is 19.7 Å². The molecule has 0 saturated carbocycles. The Kier molecular flexibility index (Phi) is 5.09.